The van der Waals surface area contributed by atoms with E-state index in [1.54, 1.807) is 28.4 Å². The first kappa shape index (κ1) is 20.1. The maximum absolute atomic E-state index is 13.5. The van der Waals surface area contributed by atoms with Crippen LogP contribution in [0.2, 0.25) is 0 Å². The highest BCUT2D eigenvalue weighted by Crippen LogP contribution is 2.38. The Balaban J connectivity index is 1.57. The van der Waals surface area contributed by atoms with Gasteiger partial charge in [0, 0.05) is 23.9 Å². The molecule has 1 unspecified atom stereocenters. The lowest BCUT2D eigenvalue weighted by molar-refractivity contribution is -0.142. The van der Waals surface area contributed by atoms with Gasteiger partial charge in [0.1, 0.15) is 12.4 Å². The predicted molar refractivity (Wildman–Crippen MR) is 112 cm³/mol. The SMILES string of the molecule is CCCCC(=O)N(CC(=O)N1CCc2sccc2C1c1ccc(F)cc1)C1CC1. The third-order valence-corrected chi connectivity index (χ3v) is 6.83. The summed E-state index contributed by atoms with van der Waals surface area (Å²) in [5, 5.41) is 2.06. The third kappa shape index (κ3) is 4.37. The molecular weight excluding hydrogens is 387 g/mol. The zero-order valence-electron chi connectivity index (χ0n) is 16.8. The molecule has 4 rings (SSSR count). The van der Waals surface area contributed by atoms with Crippen molar-refractivity contribution in [2.75, 3.05) is 13.1 Å². The number of rotatable bonds is 7. The number of hydrogen-bond donors (Lipinski definition) is 0. The number of nitrogens with zero attached hydrogens (tertiary/aromatic N) is 2. The Labute approximate surface area is 175 Å². The maximum Gasteiger partial charge on any atom is 0.243 e. The average molecular weight is 415 g/mol. The number of carbonyl (C=O) groups excluding carboxylic acids is 2. The maximum atomic E-state index is 13.5. The molecule has 2 heterocycles. The number of benzene rings is 1. The first-order valence-corrected chi connectivity index (χ1v) is 11.4. The van der Waals surface area contributed by atoms with Crippen LogP contribution < -0.4 is 0 Å². The van der Waals surface area contributed by atoms with Gasteiger partial charge in [0.25, 0.3) is 0 Å². The van der Waals surface area contributed by atoms with E-state index in [2.05, 4.69) is 18.4 Å². The van der Waals surface area contributed by atoms with Crippen molar-refractivity contribution in [3.8, 4) is 0 Å². The van der Waals surface area contributed by atoms with Gasteiger partial charge in [0.2, 0.25) is 11.8 Å². The number of carbonyl (C=O) groups is 2. The van der Waals surface area contributed by atoms with Crippen LogP contribution in [0.5, 0.6) is 0 Å². The van der Waals surface area contributed by atoms with Crippen molar-refractivity contribution in [2.45, 2.75) is 57.5 Å². The van der Waals surface area contributed by atoms with Crippen molar-refractivity contribution in [3.63, 3.8) is 0 Å². The monoisotopic (exact) mass is 414 g/mol. The zero-order chi connectivity index (χ0) is 20.4. The molecule has 0 saturated heterocycles. The minimum absolute atomic E-state index is 0.0204. The first-order chi connectivity index (χ1) is 14.1. The topological polar surface area (TPSA) is 40.6 Å². The molecule has 1 atom stereocenters. The van der Waals surface area contributed by atoms with Gasteiger partial charge in [-0.3, -0.25) is 9.59 Å². The molecule has 154 valence electrons. The summed E-state index contributed by atoms with van der Waals surface area (Å²) in [6.07, 6.45) is 5.14. The molecule has 6 heteroatoms. The minimum atomic E-state index is -0.283. The Morgan fingerprint density at radius 3 is 2.66 bits per heavy atom. The van der Waals surface area contributed by atoms with E-state index in [1.165, 1.54) is 17.0 Å². The first-order valence-electron chi connectivity index (χ1n) is 10.5. The highest BCUT2D eigenvalue weighted by molar-refractivity contribution is 7.10. The van der Waals surface area contributed by atoms with E-state index in [0.29, 0.717) is 13.0 Å². The second-order valence-electron chi connectivity index (χ2n) is 7.95. The molecule has 1 aromatic heterocycles. The van der Waals surface area contributed by atoms with Crippen molar-refractivity contribution in [3.05, 3.63) is 57.5 Å². The van der Waals surface area contributed by atoms with Gasteiger partial charge in [-0.2, -0.15) is 0 Å². The Morgan fingerprint density at radius 1 is 1.21 bits per heavy atom. The van der Waals surface area contributed by atoms with Crippen LogP contribution in [0.4, 0.5) is 4.39 Å². The summed E-state index contributed by atoms with van der Waals surface area (Å²) < 4.78 is 13.5. The lowest BCUT2D eigenvalue weighted by Gasteiger charge is -2.37. The second-order valence-corrected chi connectivity index (χ2v) is 8.95. The van der Waals surface area contributed by atoms with E-state index in [0.717, 1.165) is 43.2 Å². The summed E-state index contributed by atoms with van der Waals surface area (Å²) in [5.74, 6) is -0.211. The van der Waals surface area contributed by atoms with Crippen LogP contribution in [0, 0.1) is 5.82 Å². The van der Waals surface area contributed by atoms with Gasteiger partial charge in [-0.1, -0.05) is 25.5 Å². The second kappa shape index (κ2) is 8.66. The van der Waals surface area contributed by atoms with Crippen molar-refractivity contribution in [2.24, 2.45) is 0 Å². The Bertz CT molecular complexity index is 875. The molecule has 1 aliphatic carbocycles. The molecule has 0 spiro atoms. The van der Waals surface area contributed by atoms with Gasteiger partial charge in [-0.25, -0.2) is 4.39 Å². The molecule has 1 aliphatic heterocycles. The van der Waals surface area contributed by atoms with Crippen LogP contribution in [0.15, 0.2) is 35.7 Å². The molecule has 0 bridgehead atoms. The zero-order valence-corrected chi connectivity index (χ0v) is 17.6. The number of fused-ring (bicyclic) bond motifs is 1. The van der Waals surface area contributed by atoms with Gasteiger partial charge in [-0.05, 0) is 60.4 Å². The molecule has 1 fully saturated rings. The summed E-state index contributed by atoms with van der Waals surface area (Å²) in [5.41, 5.74) is 2.03. The van der Waals surface area contributed by atoms with Crippen LogP contribution in [0.1, 0.15) is 61.1 Å². The van der Waals surface area contributed by atoms with Gasteiger partial charge in [-0.15, -0.1) is 11.3 Å². The molecule has 2 aromatic rings. The smallest absolute Gasteiger partial charge is 0.243 e. The largest absolute Gasteiger partial charge is 0.330 e. The van der Waals surface area contributed by atoms with Crippen molar-refractivity contribution < 1.29 is 14.0 Å². The number of thiophene rings is 1. The van der Waals surface area contributed by atoms with E-state index in [9.17, 15) is 14.0 Å². The standard InChI is InChI=1S/C23H27FN2O2S/c1-2-3-4-21(27)26(18-9-10-18)15-22(28)25-13-11-20-19(12-14-29-20)23(25)16-5-7-17(24)8-6-16/h5-8,12,14,18,23H,2-4,9-11,13,15H2,1H3. The molecule has 2 aliphatic rings. The fourth-order valence-corrected chi connectivity index (χ4v) is 5.01. The fraction of sp³-hybridized carbons (Fsp3) is 0.478. The average Bonchev–Trinajstić information content (AvgIpc) is 3.45. The normalized spacial score (nSPS) is 18.4. The quantitative estimate of drug-likeness (QED) is 0.667. The number of halogens is 1. The fourth-order valence-electron chi connectivity index (χ4n) is 4.10. The molecule has 4 nitrogen and oxygen atoms in total. The number of amides is 2. The van der Waals surface area contributed by atoms with Gasteiger partial charge >= 0.3 is 0 Å². The van der Waals surface area contributed by atoms with Gasteiger partial charge in [0.15, 0.2) is 0 Å². The number of hydrogen-bond acceptors (Lipinski definition) is 3. The molecule has 0 radical (unpaired) electrons. The third-order valence-electron chi connectivity index (χ3n) is 5.83. The predicted octanol–water partition coefficient (Wildman–Crippen LogP) is 4.54. The van der Waals surface area contributed by atoms with E-state index < -0.39 is 0 Å². The summed E-state index contributed by atoms with van der Waals surface area (Å²) in [4.78, 5) is 31.0. The highest BCUT2D eigenvalue weighted by Gasteiger charge is 2.37. The molecule has 1 aromatic carbocycles. The van der Waals surface area contributed by atoms with Crippen molar-refractivity contribution >= 4 is 23.2 Å². The molecule has 0 N–H and O–H groups in total. The lowest BCUT2D eigenvalue weighted by Crippen LogP contribution is -2.47. The highest BCUT2D eigenvalue weighted by atomic mass is 32.1. The van der Waals surface area contributed by atoms with Crippen molar-refractivity contribution in [1.82, 2.24) is 9.80 Å². The Kier molecular flexibility index (Phi) is 5.99. The summed E-state index contributed by atoms with van der Waals surface area (Å²) >= 11 is 1.71. The van der Waals surface area contributed by atoms with Crippen molar-refractivity contribution in [1.29, 1.82) is 0 Å². The van der Waals surface area contributed by atoms with E-state index in [1.807, 2.05) is 4.90 Å². The van der Waals surface area contributed by atoms with Crippen LogP contribution in [-0.2, 0) is 16.0 Å². The molecular formula is C23H27FN2O2S. The van der Waals surface area contributed by atoms with Crippen LogP contribution >= 0.6 is 11.3 Å². The lowest BCUT2D eigenvalue weighted by atomic mass is 9.93. The Hall–Kier alpha value is -2.21. The van der Waals surface area contributed by atoms with Gasteiger partial charge < -0.3 is 9.80 Å². The molecule has 1 saturated carbocycles. The summed E-state index contributed by atoms with van der Waals surface area (Å²) in [6.45, 7) is 2.83. The van der Waals surface area contributed by atoms with Crippen LogP contribution in [0.3, 0.4) is 0 Å². The van der Waals surface area contributed by atoms with E-state index >= 15 is 0 Å². The number of unbranched alkanes of at least 4 members (excludes halogenated alkanes) is 1. The van der Waals surface area contributed by atoms with E-state index in [4.69, 9.17) is 0 Å². The summed E-state index contributed by atoms with van der Waals surface area (Å²) in [7, 11) is 0. The minimum Gasteiger partial charge on any atom is -0.330 e. The van der Waals surface area contributed by atoms with Crippen LogP contribution in [-0.4, -0.2) is 40.7 Å². The molecule has 29 heavy (non-hydrogen) atoms. The molecule has 2 amide bonds. The Morgan fingerprint density at radius 2 is 1.97 bits per heavy atom. The van der Waals surface area contributed by atoms with Crippen LogP contribution in [0.25, 0.3) is 0 Å². The summed E-state index contributed by atoms with van der Waals surface area (Å²) in [6, 6.07) is 8.49. The van der Waals surface area contributed by atoms with Gasteiger partial charge in [0.05, 0.1) is 6.04 Å². The van der Waals surface area contributed by atoms with E-state index in [-0.39, 0.29) is 36.3 Å².